The molecule has 0 saturated carbocycles. The zero-order valence-electron chi connectivity index (χ0n) is 14.8. The Labute approximate surface area is 171 Å². The number of nitrogens with one attached hydrogen (secondary N) is 1. The molecule has 3 heterocycles. The Bertz CT molecular complexity index is 993. The molecule has 5 nitrogen and oxygen atoms in total. The molecule has 0 aliphatic heterocycles. The van der Waals surface area contributed by atoms with Gasteiger partial charge in [-0.05, 0) is 13.0 Å². The first-order valence-corrected chi connectivity index (χ1v) is 10.2. The van der Waals surface area contributed by atoms with E-state index in [1.807, 2.05) is 0 Å². The van der Waals surface area contributed by atoms with Crippen LogP contribution in [0.2, 0.25) is 0 Å². The van der Waals surface area contributed by atoms with Crippen molar-refractivity contribution in [1.29, 1.82) is 0 Å². The molecule has 0 amide bonds. The normalized spacial score (nSPS) is 15.4. The maximum absolute atomic E-state index is 13.4. The second kappa shape index (κ2) is 7.89. The molecule has 1 N–H and O–H groups in total. The van der Waals surface area contributed by atoms with Gasteiger partial charge in [-0.25, -0.2) is 0 Å². The van der Waals surface area contributed by atoms with Gasteiger partial charge in [-0.3, -0.25) is 9.97 Å². The van der Waals surface area contributed by atoms with Crippen LogP contribution in [0.1, 0.15) is 17.9 Å². The second-order valence-corrected chi connectivity index (χ2v) is 8.57. The van der Waals surface area contributed by atoms with Crippen LogP contribution in [-0.4, -0.2) is 44.1 Å². The number of thiophene rings is 1. The molecule has 0 aromatic carbocycles. The third kappa shape index (κ3) is 4.21. The van der Waals surface area contributed by atoms with Gasteiger partial charge in [0.2, 0.25) is 0 Å². The SMILES string of the molecule is CC(c1cc(OCC(F)(F)C(F)(F)C(F)(F)F)ccn1)[S+]([O-])c1nc2cscc2[nH]1. The van der Waals surface area contributed by atoms with Crippen molar-refractivity contribution < 1.29 is 40.0 Å². The van der Waals surface area contributed by atoms with Crippen LogP contribution in [0, 0.1) is 0 Å². The molecule has 0 radical (unpaired) electrons. The Morgan fingerprint density at radius 3 is 2.53 bits per heavy atom. The lowest BCUT2D eigenvalue weighted by Crippen LogP contribution is -2.54. The molecule has 0 bridgehead atoms. The van der Waals surface area contributed by atoms with Gasteiger partial charge in [0.15, 0.2) is 11.9 Å². The van der Waals surface area contributed by atoms with Crippen LogP contribution in [0.15, 0.2) is 34.2 Å². The number of rotatable bonds is 7. The number of nitrogens with zero attached hydrogens (tertiary/aromatic N) is 2. The smallest absolute Gasteiger partial charge is 0.460 e. The first kappa shape index (κ1) is 22.6. The van der Waals surface area contributed by atoms with Gasteiger partial charge in [0.05, 0.1) is 11.2 Å². The summed E-state index contributed by atoms with van der Waals surface area (Å²) in [5.74, 6) is -12.2. The van der Waals surface area contributed by atoms with E-state index in [2.05, 4.69) is 19.7 Å². The molecule has 0 aliphatic rings. The van der Waals surface area contributed by atoms with Crippen molar-refractivity contribution in [3.05, 3.63) is 34.8 Å². The van der Waals surface area contributed by atoms with Crippen LogP contribution in [-0.2, 0) is 11.2 Å². The number of halogens is 7. The summed E-state index contributed by atoms with van der Waals surface area (Å²) in [5.41, 5.74) is 1.36. The predicted octanol–water partition coefficient (Wildman–Crippen LogP) is 5.10. The summed E-state index contributed by atoms with van der Waals surface area (Å²) in [6, 6.07) is 2.04. The fraction of sp³-hybridized carbons (Fsp3) is 0.375. The minimum atomic E-state index is -6.44. The monoisotopic (exact) mass is 475 g/mol. The zero-order chi connectivity index (χ0) is 22.3. The molecule has 2 atom stereocenters. The van der Waals surface area contributed by atoms with E-state index in [-0.39, 0.29) is 10.9 Å². The van der Waals surface area contributed by atoms with Crippen LogP contribution < -0.4 is 4.74 Å². The fourth-order valence-corrected chi connectivity index (χ4v) is 4.08. The maximum Gasteiger partial charge on any atom is 0.460 e. The highest BCUT2D eigenvalue weighted by Crippen LogP contribution is 2.46. The number of fused-ring (bicyclic) bond motifs is 1. The summed E-state index contributed by atoms with van der Waals surface area (Å²) in [6.45, 7) is -0.723. The molecule has 3 rings (SSSR count). The molecule has 0 fully saturated rings. The molecular weight excluding hydrogens is 463 g/mol. The number of hydrogen-bond acceptors (Lipinski definition) is 5. The standard InChI is InChI=1S/C16H12F7N3O2S2/c1-8(30(27)13-25-11-5-29-6-12(11)26-13)10-4-9(2-3-24-10)28-7-14(17,18)15(19,20)16(21,22)23/h2-6,8H,7H2,1H3,(H,25,26). The van der Waals surface area contributed by atoms with Crippen LogP contribution in [0.3, 0.4) is 0 Å². The Morgan fingerprint density at radius 1 is 1.20 bits per heavy atom. The topological polar surface area (TPSA) is 73.9 Å². The number of ether oxygens (including phenoxy) is 1. The summed E-state index contributed by atoms with van der Waals surface area (Å²) in [6.07, 6.45) is -5.37. The van der Waals surface area contributed by atoms with Gasteiger partial charge in [-0.2, -0.15) is 35.7 Å². The van der Waals surface area contributed by atoms with Gasteiger partial charge in [-0.1, -0.05) is 0 Å². The van der Waals surface area contributed by atoms with Crippen molar-refractivity contribution in [2.24, 2.45) is 0 Å². The van der Waals surface area contributed by atoms with Crippen LogP contribution in [0.25, 0.3) is 11.0 Å². The first-order valence-electron chi connectivity index (χ1n) is 8.07. The Kier molecular flexibility index (Phi) is 5.95. The molecule has 164 valence electrons. The van der Waals surface area contributed by atoms with Crippen molar-refractivity contribution >= 4 is 33.5 Å². The summed E-state index contributed by atoms with van der Waals surface area (Å²) in [5, 5.41) is 2.83. The third-order valence-electron chi connectivity index (χ3n) is 4.02. The average Bonchev–Trinajstić information content (AvgIpc) is 3.26. The number of alkyl halides is 7. The van der Waals surface area contributed by atoms with Crippen molar-refractivity contribution in [2.45, 2.75) is 35.4 Å². The first-order chi connectivity index (χ1) is 13.8. The van der Waals surface area contributed by atoms with Crippen molar-refractivity contribution in [3.8, 4) is 5.75 Å². The minimum absolute atomic E-state index is 0.0793. The molecule has 3 aromatic heterocycles. The van der Waals surface area contributed by atoms with Gasteiger partial charge in [0.1, 0.15) is 11.3 Å². The molecule has 0 aliphatic carbocycles. The molecular formula is C16H12F7N3O2S2. The highest BCUT2D eigenvalue weighted by molar-refractivity contribution is 7.91. The fourth-order valence-electron chi connectivity index (χ4n) is 2.31. The number of aromatic nitrogens is 3. The molecule has 0 saturated heterocycles. The lowest BCUT2D eigenvalue weighted by atomic mass is 10.2. The number of H-pyrrole nitrogens is 1. The van der Waals surface area contributed by atoms with E-state index < -0.39 is 46.8 Å². The summed E-state index contributed by atoms with van der Waals surface area (Å²) in [7, 11) is 0. The molecule has 30 heavy (non-hydrogen) atoms. The van der Waals surface area contributed by atoms with E-state index in [1.165, 1.54) is 18.3 Å². The Hall–Kier alpha value is -2.06. The number of aromatic amines is 1. The van der Waals surface area contributed by atoms with E-state index in [0.29, 0.717) is 11.0 Å². The maximum atomic E-state index is 13.4. The zero-order valence-corrected chi connectivity index (χ0v) is 16.5. The highest BCUT2D eigenvalue weighted by atomic mass is 32.2. The summed E-state index contributed by atoms with van der Waals surface area (Å²) in [4.78, 5) is 11.0. The van der Waals surface area contributed by atoms with Crippen molar-refractivity contribution in [2.75, 3.05) is 6.61 Å². The predicted molar refractivity (Wildman–Crippen MR) is 94.5 cm³/mol. The van der Waals surface area contributed by atoms with Gasteiger partial charge in [-0.15, -0.1) is 11.3 Å². The van der Waals surface area contributed by atoms with E-state index in [1.54, 1.807) is 10.8 Å². The second-order valence-electron chi connectivity index (χ2n) is 6.13. The summed E-state index contributed by atoms with van der Waals surface area (Å²) < 4.78 is 106. The van der Waals surface area contributed by atoms with E-state index >= 15 is 0 Å². The van der Waals surface area contributed by atoms with E-state index in [4.69, 9.17) is 0 Å². The number of pyridine rings is 1. The minimum Gasteiger partial charge on any atom is -0.608 e. The average molecular weight is 475 g/mol. The highest BCUT2D eigenvalue weighted by Gasteiger charge is 2.73. The van der Waals surface area contributed by atoms with Crippen LogP contribution in [0.5, 0.6) is 5.75 Å². The lowest BCUT2D eigenvalue weighted by Gasteiger charge is -2.28. The van der Waals surface area contributed by atoms with E-state index in [0.717, 1.165) is 18.3 Å². The molecule has 0 spiro atoms. The Morgan fingerprint density at radius 2 is 1.90 bits per heavy atom. The van der Waals surface area contributed by atoms with E-state index in [9.17, 15) is 35.3 Å². The third-order valence-corrected chi connectivity index (χ3v) is 6.21. The molecule has 3 aromatic rings. The summed E-state index contributed by atoms with van der Waals surface area (Å²) >= 11 is -0.352. The van der Waals surface area contributed by atoms with Gasteiger partial charge in [0, 0.05) is 34.2 Å². The van der Waals surface area contributed by atoms with Crippen LogP contribution >= 0.6 is 11.3 Å². The van der Waals surface area contributed by atoms with Gasteiger partial charge >= 0.3 is 23.2 Å². The molecule has 2 unspecified atom stereocenters. The van der Waals surface area contributed by atoms with Crippen molar-refractivity contribution in [3.63, 3.8) is 0 Å². The van der Waals surface area contributed by atoms with Crippen LogP contribution in [0.4, 0.5) is 30.7 Å². The van der Waals surface area contributed by atoms with Gasteiger partial charge in [0.25, 0.3) is 0 Å². The largest absolute Gasteiger partial charge is 0.608 e. The lowest BCUT2D eigenvalue weighted by molar-refractivity contribution is -0.358. The quantitative estimate of drug-likeness (QED) is 0.381. The number of imidazole rings is 1. The molecule has 14 heteroatoms. The Balaban J connectivity index is 1.73. The van der Waals surface area contributed by atoms with Gasteiger partial charge < -0.3 is 9.29 Å². The number of hydrogen-bond donors (Lipinski definition) is 1. The van der Waals surface area contributed by atoms with Crippen molar-refractivity contribution in [1.82, 2.24) is 15.0 Å².